The summed E-state index contributed by atoms with van der Waals surface area (Å²) in [5, 5.41) is 10.6. The van der Waals surface area contributed by atoms with Gasteiger partial charge in [0, 0.05) is 23.0 Å². The van der Waals surface area contributed by atoms with E-state index < -0.39 is 0 Å². The molecule has 6 heteroatoms. The van der Waals surface area contributed by atoms with Crippen LogP contribution in [0.25, 0.3) is 0 Å². The van der Waals surface area contributed by atoms with Crippen molar-refractivity contribution >= 4 is 0 Å². The van der Waals surface area contributed by atoms with Crippen molar-refractivity contribution in [1.82, 2.24) is 0 Å². The average molecular weight is 283 g/mol. The van der Waals surface area contributed by atoms with Gasteiger partial charge < -0.3 is 9.84 Å². The summed E-state index contributed by atoms with van der Waals surface area (Å²) in [5.74, 6) is 0.124. The van der Waals surface area contributed by atoms with Crippen LogP contribution in [0.5, 0.6) is 0 Å². The molecule has 0 aromatic rings. The zero-order chi connectivity index (χ0) is 14.0. The van der Waals surface area contributed by atoms with Crippen LogP contribution in [0, 0.1) is 25.9 Å². The van der Waals surface area contributed by atoms with Crippen molar-refractivity contribution in [2.24, 2.45) is 5.92 Å². The van der Waals surface area contributed by atoms with E-state index in [1.165, 1.54) is 7.11 Å². The summed E-state index contributed by atoms with van der Waals surface area (Å²) in [6.07, 6.45) is 3.77. The first-order valence-corrected chi connectivity index (χ1v) is 4.24. The zero-order valence-electron chi connectivity index (χ0n) is 9.96. The number of hydrogen-bond donors (Lipinski definition) is 0. The number of hydrogen-bond acceptors (Lipinski definition) is 2. The molecule has 98 valence electrons. The first-order valence-electron chi connectivity index (χ1n) is 4.24. The van der Waals surface area contributed by atoms with E-state index in [-0.39, 0.29) is 23.0 Å². The van der Waals surface area contributed by atoms with Crippen LogP contribution < -0.4 is 5.11 Å². The van der Waals surface area contributed by atoms with Crippen molar-refractivity contribution in [3.05, 3.63) is 32.0 Å². The molecule has 5 nitrogen and oxygen atoms in total. The maximum absolute atomic E-state index is 10.6. The molecule has 0 bridgehead atoms. The van der Waals surface area contributed by atoms with Crippen molar-refractivity contribution in [3.8, 4) is 0 Å². The minimum Gasteiger partial charge on any atom is 0 e. The van der Waals surface area contributed by atoms with Crippen molar-refractivity contribution in [2.45, 2.75) is 26.7 Å². The topological polar surface area (TPSA) is 92.0 Å². The van der Waals surface area contributed by atoms with E-state index in [0.29, 0.717) is 5.92 Å². The van der Waals surface area contributed by atoms with Gasteiger partial charge in [0.2, 0.25) is 0 Å². The minimum absolute atomic E-state index is 0. The van der Waals surface area contributed by atoms with Gasteiger partial charge in [0.15, 0.2) is 0 Å². The smallest absolute Gasteiger partial charge is 0 e. The summed E-state index contributed by atoms with van der Waals surface area (Å²) < 4.78 is 27.0. The molecule has 0 amide bonds. The predicted molar refractivity (Wildman–Crippen MR) is 51.0 cm³/mol. The maximum atomic E-state index is 10.6. The van der Waals surface area contributed by atoms with Gasteiger partial charge in [-0.25, -0.2) is 0 Å². The SMILES string of the molecule is CCC[C@@H](C)C=C([O-])OC.[C-]#[O+].[C-]#[O+].[C-]#[O+].[Fe]. The standard InChI is InChI=1S/C8H16O2.3CO.Fe/c1-4-5-7(2)6-8(9)10-3;3*1-2;/h6-7,9H,4-5H2,1-3H3;;;;/p-1/t7-;;;;/m1..../s1. The van der Waals surface area contributed by atoms with E-state index in [0.717, 1.165) is 12.8 Å². The molecule has 0 radical (unpaired) electrons. The second kappa shape index (κ2) is 36.3. The molecule has 0 aromatic carbocycles. The fraction of sp³-hybridized carbons (Fsp3) is 0.545. The molecule has 0 heterocycles. The number of rotatable bonds is 4. The molecule has 0 aliphatic rings. The molecular weight excluding hydrogens is 268 g/mol. The number of allylic oxidation sites excluding steroid dienone is 1. The molecule has 0 unspecified atom stereocenters. The van der Waals surface area contributed by atoms with E-state index in [1.807, 2.05) is 6.92 Å². The fourth-order valence-corrected chi connectivity index (χ4v) is 0.839. The summed E-state index contributed by atoms with van der Waals surface area (Å²) in [6.45, 7) is 17.6. The molecule has 0 N–H and O–H groups in total. The summed E-state index contributed by atoms with van der Waals surface area (Å²) in [4.78, 5) is 0. The molecule has 1 atom stereocenters. The maximum Gasteiger partial charge on any atom is 0 e. The van der Waals surface area contributed by atoms with Gasteiger partial charge in [-0.1, -0.05) is 26.3 Å². The molecule has 0 saturated heterocycles. The largest absolute Gasteiger partial charge is 0 e. The molecule has 0 aromatic heterocycles. The Morgan fingerprint density at radius 1 is 1.24 bits per heavy atom. The number of ether oxygens (including phenoxy) is 1. The number of methoxy groups -OCH3 is 1. The quantitative estimate of drug-likeness (QED) is 0.335. The monoisotopic (exact) mass is 283 g/mol. The van der Waals surface area contributed by atoms with Crippen LogP contribution in [-0.2, 0) is 35.8 Å². The third kappa shape index (κ3) is 39.5. The Morgan fingerprint density at radius 3 is 1.82 bits per heavy atom. The molecule has 0 saturated carbocycles. The molecule has 0 spiro atoms. The fourth-order valence-electron chi connectivity index (χ4n) is 0.839. The van der Waals surface area contributed by atoms with Crippen LogP contribution in [0.3, 0.4) is 0 Å². The zero-order valence-corrected chi connectivity index (χ0v) is 11.1. The molecule has 0 aliphatic carbocycles. The molecule has 17 heavy (non-hydrogen) atoms. The van der Waals surface area contributed by atoms with Crippen LogP contribution in [0.1, 0.15) is 26.7 Å². The van der Waals surface area contributed by atoms with Crippen molar-refractivity contribution in [2.75, 3.05) is 7.11 Å². The second-order valence-corrected chi connectivity index (χ2v) is 2.46. The van der Waals surface area contributed by atoms with Gasteiger partial charge >= 0.3 is 33.9 Å². The van der Waals surface area contributed by atoms with Crippen molar-refractivity contribution in [3.63, 3.8) is 0 Å². The van der Waals surface area contributed by atoms with Crippen molar-refractivity contribution in [1.29, 1.82) is 0 Å². The second-order valence-electron chi connectivity index (χ2n) is 2.46. The normalized spacial score (nSPS) is 9.12. The molecule has 0 fully saturated rings. The Balaban J connectivity index is -0.0000000594. The summed E-state index contributed by atoms with van der Waals surface area (Å²) >= 11 is 0. The van der Waals surface area contributed by atoms with Gasteiger partial charge in [0.1, 0.15) is 0 Å². The van der Waals surface area contributed by atoms with E-state index in [2.05, 4.69) is 31.6 Å². The Hall–Kier alpha value is -0.921. The predicted octanol–water partition coefficient (Wildman–Crippen LogP) is 1.16. The third-order valence-electron chi connectivity index (χ3n) is 1.37. The van der Waals surface area contributed by atoms with Gasteiger partial charge in [-0.15, -0.1) is 0 Å². The Labute approximate surface area is 113 Å². The van der Waals surface area contributed by atoms with Gasteiger partial charge in [-0.3, -0.25) is 0 Å². The summed E-state index contributed by atoms with van der Waals surface area (Å²) in [6, 6.07) is 0. The molecular formula is C11H15FeO5-. The van der Waals surface area contributed by atoms with E-state index in [9.17, 15) is 5.11 Å². The van der Waals surface area contributed by atoms with Crippen LogP contribution in [0.2, 0.25) is 0 Å². The van der Waals surface area contributed by atoms with Gasteiger partial charge in [-0.05, 0) is 19.4 Å². The first-order chi connectivity index (χ1) is 7.70. The van der Waals surface area contributed by atoms with E-state index >= 15 is 0 Å². The Bertz CT molecular complexity index is 193. The Kier molecular flexibility index (Phi) is 63.5. The average Bonchev–Trinajstić information content (AvgIpc) is 2.36. The minimum atomic E-state index is -0.221. The van der Waals surface area contributed by atoms with Crippen LogP contribution in [0.15, 0.2) is 12.0 Å². The van der Waals surface area contributed by atoms with Crippen LogP contribution in [0.4, 0.5) is 0 Å². The van der Waals surface area contributed by atoms with Gasteiger partial charge in [0.05, 0.1) is 0 Å². The summed E-state index contributed by atoms with van der Waals surface area (Å²) in [7, 11) is 1.40. The van der Waals surface area contributed by atoms with Crippen LogP contribution in [-0.4, -0.2) is 7.11 Å². The van der Waals surface area contributed by atoms with E-state index in [1.54, 1.807) is 6.08 Å². The van der Waals surface area contributed by atoms with Gasteiger partial charge in [0.25, 0.3) is 0 Å². The van der Waals surface area contributed by atoms with E-state index in [4.69, 9.17) is 14.0 Å². The first kappa shape index (κ1) is 29.8. The third-order valence-corrected chi connectivity index (χ3v) is 1.37. The summed E-state index contributed by atoms with van der Waals surface area (Å²) in [5.41, 5.74) is 0. The van der Waals surface area contributed by atoms with Crippen molar-refractivity contribution < 1.29 is 40.9 Å². The van der Waals surface area contributed by atoms with Crippen LogP contribution >= 0.6 is 0 Å². The Morgan fingerprint density at radius 2 is 1.59 bits per heavy atom. The molecule has 0 rings (SSSR count). The molecule has 0 aliphatic heterocycles. The van der Waals surface area contributed by atoms with Gasteiger partial charge in [-0.2, -0.15) is 0 Å².